The summed E-state index contributed by atoms with van der Waals surface area (Å²) in [6, 6.07) is 6.47. The number of benzene rings is 1. The van der Waals surface area contributed by atoms with Gasteiger partial charge in [-0.3, -0.25) is 14.3 Å². The van der Waals surface area contributed by atoms with Gasteiger partial charge >= 0.3 is 0 Å². The normalized spacial score (nSPS) is 24.3. The van der Waals surface area contributed by atoms with Gasteiger partial charge in [-0.25, -0.2) is 4.90 Å². The van der Waals surface area contributed by atoms with Crippen molar-refractivity contribution in [2.24, 2.45) is 13.0 Å². The van der Waals surface area contributed by atoms with E-state index in [1.807, 2.05) is 19.2 Å². The minimum atomic E-state index is -0.160. The van der Waals surface area contributed by atoms with Gasteiger partial charge in [-0.2, -0.15) is 5.10 Å². The van der Waals surface area contributed by atoms with Crippen LogP contribution in [0.15, 0.2) is 18.2 Å². The van der Waals surface area contributed by atoms with E-state index in [1.54, 1.807) is 4.68 Å². The molecule has 7 heteroatoms. The van der Waals surface area contributed by atoms with E-state index in [9.17, 15) is 9.59 Å². The van der Waals surface area contributed by atoms with Crippen LogP contribution in [0, 0.1) is 5.92 Å². The van der Waals surface area contributed by atoms with Crippen molar-refractivity contribution in [3.8, 4) is 0 Å². The van der Waals surface area contributed by atoms with Gasteiger partial charge < -0.3 is 10.6 Å². The standard InChI is InChI=1S/C19H25N5O2/c1-12-11-20-9-8-15(12)21-13-6-7-14-16(10-13)23(2)22-19(14)24-17(25)4-3-5-18(24)26/h6-7,10,12,15,20-21H,3-5,8-9,11H2,1-2H3/t12-,15-/m1/s1. The molecule has 0 unspecified atom stereocenters. The largest absolute Gasteiger partial charge is 0.382 e. The van der Waals surface area contributed by atoms with Gasteiger partial charge in [0.25, 0.3) is 0 Å². The number of aromatic nitrogens is 2. The van der Waals surface area contributed by atoms with E-state index in [4.69, 9.17) is 0 Å². The van der Waals surface area contributed by atoms with Crippen LogP contribution >= 0.6 is 0 Å². The predicted octanol–water partition coefficient (Wildman–Crippen LogP) is 2.03. The van der Waals surface area contributed by atoms with Crippen molar-refractivity contribution in [2.75, 3.05) is 23.3 Å². The number of rotatable bonds is 3. The molecule has 2 aromatic rings. The lowest BCUT2D eigenvalue weighted by atomic mass is 9.95. The molecule has 3 heterocycles. The highest BCUT2D eigenvalue weighted by molar-refractivity contribution is 6.19. The van der Waals surface area contributed by atoms with Crippen LogP contribution in [0.1, 0.15) is 32.6 Å². The zero-order valence-corrected chi connectivity index (χ0v) is 15.3. The summed E-state index contributed by atoms with van der Waals surface area (Å²) < 4.78 is 1.75. The van der Waals surface area contributed by atoms with Crippen molar-refractivity contribution < 1.29 is 9.59 Å². The number of carbonyl (C=O) groups excluding carboxylic acids is 2. The monoisotopic (exact) mass is 355 g/mol. The van der Waals surface area contributed by atoms with Crippen molar-refractivity contribution in [3.63, 3.8) is 0 Å². The van der Waals surface area contributed by atoms with Crippen molar-refractivity contribution in [1.29, 1.82) is 0 Å². The Bertz CT molecular complexity index is 843. The van der Waals surface area contributed by atoms with Crippen molar-refractivity contribution >= 4 is 34.2 Å². The molecule has 4 rings (SSSR count). The number of hydrogen-bond donors (Lipinski definition) is 2. The molecule has 138 valence electrons. The Kier molecular flexibility index (Phi) is 4.40. The Morgan fingerprint density at radius 1 is 1.23 bits per heavy atom. The Balaban J connectivity index is 1.66. The summed E-state index contributed by atoms with van der Waals surface area (Å²) in [5, 5.41) is 12.4. The predicted molar refractivity (Wildman–Crippen MR) is 101 cm³/mol. The highest BCUT2D eigenvalue weighted by Crippen LogP contribution is 2.31. The molecule has 1 aromatic heterocycles. The Morgan fingerprint density at radius 2 is 2.00 bits per heavy atom. The average Bonchev–Trinajstić information content (AvgIpc) is 2.93. The SMILES string of the molecule is C[C@@H]1CNCC[C@H]1Nc1ccc2c(N3C(=O)CCCC3=O)nn(C)c2c1. The maximum atomic E-state index is 12.3. The first kappa shape index (κ1) is 17.0. The fourth-order valence-electron chi connectivity index (χ4n) is 3.93. The first-order valence-electron chi connectivity index (χ1n) is 9.34. The topological polar surface area (TPSA) is 79.3 Å². The van der Waals surface area contributed by atoms with E-state index in [0.29, 0.717) is 37.0 Å². The zero-order valence-electron chi connectivity index (χ0n) is 15.3. The van der Waals surface area contributed by atoms with Crippen LogP contribution in [0.4, 0.5) is 11.5 Å². The molecule has 2 N–H and O–H groups in total. The number of nitrogens with one attached hydrogen (secondary N) is 2. The summed E-state index contributed by atoms with van der Waals surface area (Å²) in [5.74, 6) is 0.697. The van der Waals surface area contributed by atoms with E-state index < -0.39 is 0 Å². The van der Waals surface area contributed by atoms with Gasteiger partial charge in [0.2, 0.25) is 11.8 Å². The minimum absolute atomic E-state index is 0.160. The van der Waals surface area contributed by atoms with E-state index in [-0.39, 0.29) is 11.8 Å². The average molecular weight is 355 g/mol. The lowest BCUT2D eigenvalue weighted by Gasteiger charge is -2.31. The van der Waals surface area contributed by atoms with Gasteiger partial charge in [0, 0.05) is 37.0 Å². The van der Waals surface area contributed by atoms with Gasteiger partial charge in [-0.05, 0) is 50.0 Å². The molecule has 0 radical (unpaired) electrons. The van der Waals surface area contributed by atoms with Crippen LogP contribution in [-0.4, -0.2) is 40.7 Å². The second-order valence-electron chi connectivity index (χ2n) is 7.38. The fourth-order valence-corrected chi connectivity index (χ4v) is 3.93. The first-order chi connectivity index (χ1) is 12.5. The Labute approximate surface area is 152 Å². The summed E-state index contributed by atoms with van der Waals surface area (Å²) in [4.78, 5) is 25.8. The molecule has 0 bridgehead atoms. The second-order valence-corrected chi connectivity index (χ2v) is 7.38. The quantitative estimate of drug-likeness (QED) is 0.824. The van der Waals surface area contributed by atoms with Crippen LogP contribution in [0.3, 0.4) is 0 Å². The fraction of sp³-hybridized carbons (Fsp3) is 0.526. The van der Waals surface area contributed by atoms with E-state index in [1.165, 1.54) is 4.90 Å². The molecule has 2 atom stereocenters. The summed E-state index contributed by atoms with van der Waals surface area (Å²) in [7, 11) is 1.85. The van der Waals surface area contributed by atoms with E-state index >= 15 is 0 Å². The number of nitrogens with zero attached hydrogens (tertiary/aromatic N) is 3. The van der Waals surface area contributed by atoms with Crippen LogP contribution < -0.4 is 15.5 Å². The van der Waals surface area contributed by atoms with Gasteiger partial charge in [-0.1, -0.05) is 6.92 Å². The number of imide groups is 1. The lowest BCUT2D eigenvalue weighted by molar-refractivity contribution is -0.129. The van der Waals surface area contributed by atoms with E-state index in [2.05, 4.69) is 28.7 Å². The molecule has 2 fully saturated rings. The van der Waals surface area contributed by atoms with Gasteiger partial charge in [0.15, 0.2) is 5.82 Å². The van der Waals surface area contributed by atoms with Crippen molar-refractivity contribution in [2.45, 2.75) is 38.6 Å². The van der Waals surface area contributed by atoms with Crippen LogP contribution in [0.25, 0.3) is 10.9 Å². The number of piperidine rings is 2. The number of carbonyl (C=O) groups is 2. The van der Waals surface area contributed by atoms with Crippen LogP contribution in [0.5, 0.6) is 0 Å². The molecular formula is C19H25N5O2. The molecule has 0 aliphatic carbocycles. The Hall–Kier alpha value is -2.41. The highest BCUT2D eigenvalue weighted by Gasteiger charge is 2.31. The number of amides is 2. The molecule has 0 spiro atoms. The zero-order chi connectivity index (χ0) is 18.3. The third-order valence-corrected chi connectivity index (χ3v) is 5.46. The third kappa shape index (κ3) is 2.96. The summed E-state index contributed by atoms with van der Waals surface area (Å²) >= 11 is 0. The number of aryl methyl sites for hydroxylation is 1. The van der Waals surface area contributed by atoms with Gasteiger partial charge in [0.1, 0.15) is 0 Å². The molecule has 2 amide bonds. The lowest BCUT2D eigenvalue weighted by Crippen LogP contribution is -2.42. The van der Waals surface area contributed by atoms with Gasteiger partial charge in [0.05, 0.1) is 5.52 Å². The summed E-state index contributed by atoms with van der Waals surface area (Å²) in [6.07, 6.45) is 2.52. The molecule has 2 aliphatic rings. The minimum Gasteiger partial charge on any atom is -0.382 e. The van der Waals surface area contributed by atoms with Crippen molar-refractivity contribution in [1.82, 2.24) is 15.1 Å². The Morgan fingerprint density at radius 3 is 2.73 bits per heavy atom. The molecule has 1 aromatic carbocycles. The highest BCUT2D eigenvalue weighted by atomic mass is 16.2. The molecule has 2 saturated heterocycles. The van der Waals surface area contributed by atoms with Crippen LogP contribution in [0.2, 0.25) is 0 Å². The smallest absolute Gasteiger partial charge is 0.235 e. The molecule has 0 saturated carbocycles. The van der Waals surface area contributed by atoms with Crippen LogP contribution in [-0.2, 0) is 16.6 Å². The van der Waals surface area contributed by atoms with Crippen molar-refractivity contribution in [3.05, 3.63) is 18.2 Å². The molecular weight excluding hydrogens is 330 g/mol. The van der Waals surface area contributed by atoms with Gasteiger partial charge in [-0.15, -0.1) is 0 Å². The number of hydrogen-bond acceptors (Lipinski definition) is 5. The maximum Gasteiger partial charge on any atom is 0.235 e. The second kappa shape index (κ2) is 6.72. The number of fused-ring (bicyclic) bond motifs is 1. The number of anilines is 2. The summed E-state index contributed by atoms with van der Waals surface area (Å²) in [5.41, 5.74) is 1.96. The molecule has 7 nitrogen and oxygen atoms in total. The summed E-state index contributed by atoms with van der Waals surface area (Å²) in [6.45, 7) is 4.30. The first-order valence-corrected chi connectivity index (χ1v) is 9.34. The molecule has 26 heavy (non-hydrogen) atoms. The maximum absolute atomic E-state index is 12.3. The third-order valence-electron chi connectivity index (χ3n) is 5.46. The van der Waals surface area contributed by atoms with E-state index in [0.717, 1.165) is 36.1 Å². The molecule has 2 aliphatic heterocycles.